The number of nitrogens with zero attached hydrogens (tertiary/aromatic N) is 1. The molecule has 1 aliphatic rings. The van der Waals surface area contributed by atoms with Crippen LogP contribution >= 0.6 is 0 Å². The zero-order chi connectivity index (χ0) is 10.1. The fraction of sp³-hybridized carbons (Fsp3) is 0.0833. The Morgan fingerprint density at radius 2 is 1.87 bits per heavy atom. The molecule has 1 aromatic carbocycles. The maximum absolute atomic E-state index is 4.30. The van der Waals surface area contributed by atoms with E-state index in [1.165, 1.54) is 5.56 Å². The van der Waals surface area contributed by atoms with Crippen LogP contribution in [0.2, 0.25) is 0 Å². The molecule has 3 heteroatoms. The molecule has 1 aromatic heterocycles. The zero-order valence-electron chi connectivity index (χ0n) is 8.20. The van der Waals surface area contributed by atoms with Gasteiger partial charge in [0.05, 0.1) is 5.69 Å². The molecule has 0 spiro atoms. The van der Waals surface area contributed by atoms with Crippen LogP contribution in [0.15, 0.2) is 42.6 Å². The lowest BCUT2D eigenvalue weighted by atomic mass is 10.2. The van der Waals surface area contributed by atoms with Crippen LogP contribution < -0.4 is 10.6 Å². The topological polar surface area (TPSA) is 37.0 Å². The molecule has 0 saturated carbocycles. The van der Waals surface area contributed by atoms with Gasteiger partial charge in [-0.25, -0.2) is 4.98 Å². The normalized spacial score (nSPS) is 12.8. The highest BCUT2D eigenvalue weighted by Crippen LogP contribution is 2.29. The summed E-state index contributed by atoms with van der Waals surface area (Å²) in [6.45, 7) is 0.835. The Labute approximate surface area is 88.2 Å². The predicted octanol–water partition coefficient (Wildman–Crippen LogP) is 2.75. The second kappa shape index (κ2) is 3.28. The van der Waals surface area contributed by atoms with Gasteiger partial charge < -0.3 is 10.6 Å². The third-order valence-corrected chi connectivity index (χ3v) is 2.55. The summed E-state index contributed by atoms with van der Waals surface area (Å²) in [6.07, 6.45) is 1.79. The van der Waals surface area contributed by atoms with Gasteiger partial charge in [-0.05, 0) is 23.8 Å². The van der Waals surface area contributed by atoms with Crippen molar-refractivity contribution < 1.29 is 0 Å². The fourth-order valence-corrected chi connectivity index (χ4v) is 1.76. The van der Waals surface area contributed by atoms with E-state index in [0.29, 0.717) is 0 Å². The molecule has 1 aliphatic heterocycles. The zero-order valence-corrected chi connectivity index (χ0v) is 8.20. The third kappa shape index (κ3) is 1.42. The summed E-state index contributed by atoms with van der Waals surface area (Å²) in [5, 5.41) is 6.69. The van der Waals surface area contributed by atoms with Crippen molar-refractivity contribution in [1.82, 2.24) is 4.98 Å². The summed E-state index contributed by atoms with van der Waals surface area (Å²) in [4.78, 5) is 4.30. The molecule has 0 radical (unpaired) electrons. The molecule has 0 saturated heterocycles. The van der Waals surface area contributed by atoms with Crippen LogP contribution in [0.3, 0.4) is 0 Å². The Morgan fingerprint density at radius 1 is 1.00 bits per heavy atom. The monoisotopic (exact) mass is 197 g/mol. The maximum Gasteiger partial charge on any atom is 0.153 e. The van der Waals surface area contributed by atoms with Crippen molar-refractivity contribution in [2.75, 3.05) is 10.6 Å². The average Bonchev–Trinajstić information content (AvgIpc) is 2.48. The minimum atomic E-state index is 0.835. The SMILES string of the molecule is c1ccc2c(c1)CNc1cccnc1N2. The van der Waals surface area contributed by atoms with E-state index in [9.17, 15) is 0 Å². The largest absolute Gasteiger partial charge is 0.378 e. The first-order valence-corrected chi connectivity index (χ1v) is 4.97. The highest BCUT2D eigenvalue weighted by Gasteiger charge is 2.10. The minimum Gasteiger partial charge on any atom is -0.378 e. The lowest BCUT2D eigenvalue weighted by Crippen LogP contribution is -1.97. The number of hydrogen-bond acceptors (Lipinski definition) is 3. The lowest BCUT2D eigenvalue weighted by molar-refractivity contribution is 1.17. The van der Waals surface area contributed by atoms with E-state index in [2.05, 4.69) is 27.8 Å². The molecular formula is C12H11N3. The number of nitrogens with one attached hydrogen (secondary N) is 2. The van der Waals surface area contributed by atoms with E-state index in [1.54, 1.807) is 6.20 Å². The van der Waals surface area contributed by atoms with Gasteiger partial charge in [0.1, 0.15) is 0 Å². The van der Waals surface area contributed by atoms with Crippen molar-refractivity contribution >= 4 is 17.2 Å². The molecule has 3 nitrogen and oxygen atoms in total. The van der Waals surface area contributed by atoms with E-state index in [0.717, 1.165) is 23.7 Å². The maximum atomic E-state index is 4.30. The van der Waals surface area contributed by atoms with Crippen LogP contribution in [-0.4, -0.2) is 4.98 Å². The van der Waals surface area contributed by atoms with Crippen LogP contribution in [0.5, 0.6) is 0 Å². The smallest absolute Gasteiger partial charge is 0.153 e. The Balaban J connectivity index is 2.10. The van der Waals surface area contributed by atoms with Gasteiger partial charge in [0.15, 0.2) is 5.82 Å². The quantitative estimate of drug-likeness (QED) is 0.681. The predicted molar refractivity (Wildman–Crippen MR) is 61.3 cm³/mol. The Morgan fingerprint density at radius 3 is 2.87 bits per heavy atom. The average molecular weight is 197 g/mol. The first kappa shape index (κ1) is 8.29. The van der Waals surface area contributed by atoms with E-state index in [4.69, 9.17) is 0 Å². The number of anilines is 3. The molecule has 0 aliphatic carbocycles. The van der Waals surface area contributed by atoms with Crippen molar-refractivity contribution in [3.63, 3.8) is 0 Å². The first-order chi connectivity index (χ1) is 7.43. The fourth-order valence-electron chi connectivity index (χ4n) is 1.76. The minimum absolute atomic E-state index is 0.835. The van der Waals surface area contributed by atoms with Crippen LogP contribution in [0.25, 0.3) is 0 Å². The van der Waals surface area contributed by atoms with E-state index < -0.39 is 0 Å². The Hall–Kier alpha value is -2.03. The Kier molecular flexibility index (Phi) is 1.81. The van der Waals surface area contributed by atoms with E-state index in [1.807, 2.05) is 24.3 Å². The second-order valence-corrected chi connectivity index (χ2v) is 3.54. The molecule has 0 atom stereocenters. The van der Waals surface area contributed by atoms with Crippen LogP contribution in [0.4, 0.5) is 17.2 Å². The molecule has 0 fully saturated rings. The summed E-state index contributed by atoms with van der Waals surface area (Å²) in [6, 6.07) is 12.2. The van der Waals surface area contributed by atoms with Gasteiger partial charge in [-0.3, -0.25) is 0 Å². The van der Waals surface area contributed by atoms with Crippen molar-refractivity contribution in [3.05, 3.63) is 48.2 Å². The lowest BCUT2D eigenvalue weighted by Gasteiger charge is -2.06. The van der Waals surface area contributed by atoms with Crippen molar-refractivity contribution in [3.8, 4) is 0 Å². The second-order valence-electron chi connectivity index (χ2n) is 3.54. The van der Waals surface area contributed by atoms with E-state index in [-0.39, 0.29) is 0 Å². The van der Waals surface area contributed by atoms with Gasteiger partial charge in [0.2, 0.25) is 0 Å². The molecule has 3 rings (SSSR count). The molecule has 2 heterocycles. The molecule has 2 aromatic rings. The van der Waals surface area contributed by atoms with Gasteiger partial charge in [-0.2, -0.15) is 0 Å². The highest BCUT2D eigenvalue weighted by molar-refractivity contribution is 5.74. The molecular weight excluding hydrogens is 186 g/mol. The molecule has 2 N–H and O–H groups in total. The van der Waals surface area contributed by atoms with Gasteiger partial charge >= 0.3 is 0 Å². The van der Waals surface area contributed by atoms with Crippen LogP contribution in [0.1, 0.15) is 5.56 Å². The Bertz CT molecular complexity index is 448. The van der Waals surface area contributed by atoms with Crippen molar-refractivity contribution in [1.29, 1.82) is 0 Å². The van der Waals surface area contributed by atoms with Gasteiger partial charge in [0, 0.05) is 18.4 Å². The van der Waals surface area contributed by atoms with Crippen molar-refractivity contribution in [2.24, 2.45) is 0 Å². The number of fused-ring (bicyclic) bond motifs is 2. The van der Waals surface area contributed by atoms with Crippen LogP contribution in [0, 0.1) is 0 Å². The van der Waals surface area contributed by atoms with Gasteiger partial charge in [-0.1, -0.05) is 18.2 Å². The summed E-state index contributed by atoms with van der Waals surface area (Å²) >= 11 is 0. The first-order valence-electron chi connectivity index (χ1n) is 4.97. The van der Waals surface area contributed by atoms with Gasteiger partial charge in [0.25, 0.3) is 0 Å². The number of aromatic nitrogens is 1. The number of benzene rings is 1. The van der Waals surface area contributed by atoms with Crippen molar-refractivity contribution in [2.45, 2.75) is 6.54 Å². The number of rotatable bonds is 0. The summed E-state index contributed by atoms with van der Waals surface area (Å²) in [7, 11) is 0. The molecule has 0 amide bonds. The van der Waals surface area contributed by atoms with Crippen LogP contribution in [-0.2, 0) is 6.54 Å². The molecule has 0 bridgehead atoms. The number of para-hydroxylation sites is 1. The number of pyridine rings is 1. The molecule has 74 valence electrons. The molecule has 15 heavy (non-hydrogen) atoms. The van der Waals surface area contributed by atoms with E-state index >= 15 is 0 Å². The summed E-state index contributed by atoms with van der Waals surface area (Å²) < 4.78 is 0. The highest BCUT2D eigenvalue weighted by atomic mass is 15.1. The number of hydrogen-bond donors (Lipinski definition) is 2. The summed E-state index contributed by atoms with van der Waals surface area (Å²) in [5.41, 5.74) is 3.44. The standard InChI is InChI=1S/C12H11N3/c1-2-5-10-9(4-1)8-14-11-6-3-7-13-12(11)15-10/h1-7,14H,8H2,(H,13,15). The molecule has 0 unspecified atom stereocenters. The third-order valence-electron chi connectivity index (χ3n) is 2.55. The van der Waals surface area contributed by atoms with Gasteiger partial charge in [-0.15, -0.1) is 0 Å². The summed E-state index contributed by atoms with van der Waals surface area (Å²) in [5.74, 6) is 0.891.